The van der Waals surface area contributed by atoms with Crippen molar-refractivity contribution in [1.29, 1.82) is 0 Å². The first kappa shape index (κ1) is 16.4. The molecule has 1 rings (SSSR count). The van der Waals surface area contributed by atoms with Crippen LogP contribution in [-0.2, 0) is 16.0 Å². The fourth-order valence-corrected chi connectivity index (χ4v) is 2.98. The highest BCUT2D eigenvalue weighted by Gasteiger charge is 2.24. The number of carboxylic acids is 2. The molecule has 0 saturated carbocycles. The van der Waals surface area contributed by atoms with Gasteiger partial charge in [-0.15, -0.1) is 11.8 Å². The Bertz CT molecular complexity index is 457. The first-order chi connectivity index (χ1) is 9.42. The largest absolute Gasteiger partial charge is 0.497 e. The Hall–Kier alpha value is -1.69. The molecule has 2 atom stereocenters. The van der Waals surface area contributed by atoms with Gasteiger partial charge in [-0.3, -0.25) is 9.59 Å². The van der Waals surface area contributed by atoms with Crippen molar-refractivity contribution >= 4 is 23.7 Å². The third-order valence-electron chi connectivity index (χ3n) is 2.71. The predicted molar refractivity (Wildman–Crippen MR) is 77.4 cm³/mol. The van der Waals surface area contributed by atoms with E-state index in [1.165, 1.54) is 11.8 Å². The Morgan fingerprint density at radius 2 is 1.85 bits per heavy atom. The molecule has 0 amide bonds. The molecule has 0 aromatic heterocycles. The van der Waals surface area contributed by atoms with Gasteiger partial charge in [-0.05, 0) is 24.1 Å². The van der Waals surface area contributed by atoms with Crippen molar-refractivity contribution in [2.45, 2.75) is 30.3 Å². The van der Waals surface area contributed by atoms with Gasteiger partial charge in [0, 0.05) is 5.25 Å². The summed E-state index contributed by atoms with van der Waals surface area (Å²) in [6.07, 6.45) is 0.311. The van der Waals surface area contributed by atoms with E-state index >= 15 is 0 Å². The lowest BCUT2D eigenvalue weighted by atomic mass is 10.1. The number of carbonyl (C=O) groups is 2. The SMILES string of the molecule is COc1ccc(C[C@@H](C)S[C@H](CC(=O)O)C(=O)O)cc1. The lowest BCUT2D eigenvalue weighted by molar-refractivity contribution is -0.142. The van der Waals surface area contributed by atoms with E-state index in [2.05, 4.69) is 0 Å². The van der Waals surface area contributed by atoms with E-state index in [0.717, 1.165) is 11.3 Å². The van der Waals surface area contributed by atoms with Gasteiger partial charge in [-0.25, -0.2) is 0 Å². The van der Waals surface area contributed by atoms with Crippen molar-refractivity contribution in [3.05, 3.63) is 29.8 Å². The number of carboxylic acid groups (broad SMARTS) is 2. The van der Waals surface area contributed by atoms with Crippen LogP contribution in [0.2, 0.25) is 0 Å². The van der Waals surface area contributed by atoms with Crippen LogP contribution in [0.3, 0.4) is 0 Å². The average Bonchev–Trinajstić information content (AvgIpc) is 2.38. The normalized spacial score (nSPS) is 13.5. The second-order valence-corrected chi connectivity index (χ2v) is 6.07. The van der Waals surface area contributed by atoms with Crippen molar-refractivity contribution in [3.8, 4) is 5.75 Å². The lowest BCUT2D eigenvalue weighted by Gasteiger charge is -2.16. The second kappa shape index (κ2) is 7.79. The molecule has 1 aromatic carbocycles. The highest BCUT2D eigenvalue weighted by atomic mass is 32.2. The van der Waals surface area contributed by atoms with Crippen LogP contribution in [0.4, 0.5) is 0 Å². The van der Waals surface area contributed by atoms with E-state index < -0.39 is 17.2 Å². The maximum atomic E-state index is 11.0. The maximum Gasteiger partial charge on any atom is 0.317 e. The summed E-state index contributed by atoms with van der Waals surface area (Å²) in [5.74, 6) is -1.41. The van der Waals surface area contributed by atoms with Crippen LogP contribution in [-0.4, -0.2) is 39.8 Å². The van der Waals surface area contributed by atoms with E-state index in [9.17, 15) is 9.59 Å². The molecule has 6 heteroatoms. The number of hydrogen-bond acceptors (Lipinski definition) is 4. The topological polar surface area (TPSA) is 83.8 Å². The first-order valence-corrected chi connectivity index (χ1v) is 7.09. The minimum absolute atomic E-state index is 0.0174. The fraction of sp³-hybridized carbons (Fsp3) is 0.429. The molecule has 0 unspecified atom stereocenters. The van der Waals surface area contributed by atoms with Gasteiger partial charge in [0.05, 0.1) is 13.5 Å². The summed E-state index contributed by atoms with van der Waals surface area (Å²) in [5, 5.41) is 16.8. The number of thioether (sulfide) groups is 1. The molecule has 5 nitrogen and oxygen atoms in total. The van der Waals surface area contributed by atoms with Crippen molar-refractivity contribution in [2.75, 3.05) is 7.11 Å². The zero-order valence-corrected chi connectivity index (χ0v) is 12.2. The van der Waals surface area contributed by atoms with Crippen LogP contribution in [0, 0.1) is 0 Å². The molecule has 0 bridgehead atoms. The molecule has 0 saturated heterocycles. The standard InChI is InChI=1S/C14H18O5S/c1-9(20-12(14(17)18)8-13(15)16)7-10-3-5-11(19-2)6-4-10/h3-6,9,12H,7-8H2,1-2H3,(H,15,16)(H,17,18)/t9-,12-/m1/s1. The summed E-state index contributed by atoms with van der Waals surface area (Å²) in [7, 11) is 1.59. The van der Waals surface area contributed by atoms with Crippen LogP contribution in [0.5, 0.6) is 5.75 Å². The van der Waals surface area contributed by atoms with Gasteiger partial charge in [0.15, 0.2) is 0 Å². The van der Waals surface area contributed by atoms with E-state index in [0.29, 0.717) is 6.42 Å². The third kappa shape index (κ3) is 5.52. The molecule has 0 heterocycles. The van der Waals surface area contributed by atoms with E-state index in [-0.39, 0.29) is 11.7 Å². The maximum absolute atomic E-state index is 11.0. The molecule has 1 aromatic rings. The van der Waals surface area contributed by atoms with Crippen molar-refractivity contribution < 1.29 is 24.5 Å². The van der Waals surface area contributed by atoms with Gasteiger partial charge >= 0.3 is 11.9 Å². The lowest BCUT2D eigenvalue weighted by Crippen LogP contribution is -2.23. The smallest absolute Gasteiger partial charge is 0.317 e. The fourth-order valence-electron chi connectivity index (χ4n) is 1.77. The third-order valence-corrected chi connectivity index (χ3v) is 4.04. The highest BCUT2D eigenvalue weighted by Crippen LogP contribution is 2.24. The van der Waals surface area contributed by atoms with E-state index in [4.69, 9.17) is 14.9 Å². The van der Waals surface area contributed by atoms with Gasteiger partial charge in [0.25, 0.3) is 0 Å². The quantitative estimate of drug-likeness (QED) is 0.766. The van der Waals surface area contributed by atoms with Crippen LogP contribution in [0.15, 0.2) is 24.3 Å². The molecular weight excluding hydrogens is 280 g/mol. The Balaban J connectivity index is 2.57. The number of benzene rings is 1. The average molecular weight is 298 g/mol. The Morgan fingerprint density at radius 3 is 2.30 bits per heavy atom. The summed E-state index contributed by atoms with van der Waals surface area (Å²) in [6.45, 7) is 1.90. The van der Waals surface area contributed by atoms with Gasteiger partial charge in [-0.2, -0.15) is 0 Å². The summed E-state index contributed by atoms with van der Waals surface area (Å²) in [4.78, 5) is 21.6. The van der Waals surface area contributed by atoms with E-state index in [1.807, 2.05) is 31.2 Å². The highest BCUT2D eigenvalue weighted by molar-refractivity contribution is 8.01. The van der Waals surface area contributed by atoms with Gasteiger partial charge < -0.3 is 14.9 Å². The number of aliphatic carboxylic acids is 2. The Labute approximate surface area is 121 Å². The first-order valence-electron chi connectivity index (χ1n) is 6.15. The zero-order valence-electron chi connectivity index (χ0n) is 11.4. The van der Waals surface area contributed by atoms with E-state index in [1.54, 1.807) is 7.11 Å². The number of ether oxygens (including phenoxy) is 1. The minimum atomic E-state index is -1.10. The van der Waals surface area contributed by atoms with Crippen LogP contribution < -0.4 is 4.74 Å². The van der Waals surface area contributed by atoms with Gasteiger partial charge in [0.2, 0.25) is 0 Å². The molecule has 0 aliphatic rings. The van der Waals surface area contributed by atoms with Crippen LogP contribution in [0.25, 0.3) is 0 Å². The molecule has 0 spiro atoms. The summed E-state index contributed by atoms with van der Waals surface area (Å²) in [5.41, 5.74) is 1.06. The monoisotopic (exact) mass is 298 g/mol. The van der Waals surface area contributed by atoms with Crippen LogP contribution >= 0.6 is 11.8 Å². The minimum Gasteiger partial charge on any atom is -0.497 e. The summed E-state index contributed by atoms with van der Waals surface area (Å²) >= 11 is 1.17. The van der Waals surface area contributed by atoms with Gasteiger partial charge in [-0.1, -0.05) is 19.1 Å². The molecule has 0 fully saturated rings. The molecule has 0 radical (unpaired) electrons. The van der Waals surface area contributed by atoms with Gasteiger partial charge in [0.1, 0.15) is 11.0 Å². The number of hydrogen-bond donors (Lipinski definition) is 2. The molecular formula is C14H18O5S. The number of methoxy groups -OCH3 is 1. The molecule has 20 heavy (non-hydrogen) atoms. The molecule has 110 valence electrons. The van der Waals surface area contributed by atoms with Crippen molar-refractivity contribution in [1.82, 2.24) is 0 Å². The van der Waals surface area contributed by atoms with Crippen molar-refractivity contribution in [2.24, 2.45) is 0 Å². The molecule has 2 N–H and O–H groups in total. The zero-order chi connectivity index (χ0) is 15.1. The number of rotatable bonds is 8. The Morgan fingerprint density at radius 1 is 1.25 bits per heavy atom. The predicted octanol–water partition coefficient (Wildman–Crippen LogP) is 2.29. The molecule has 0 aliphatic heterocycles. The second-order valence-electron chi connectivity index (χ2n) is 4.42. The molecule has 0 aliphatic carbocycles. The van der Waals surface area contributed by atoms with Crippen LogP contribution in [0.1, 0.15) is 18.9 Å². The van der Waals surface area contributed by atoms with Crippen molar-refractivity contribution in [3.63, 3.8) is 0 Å². The summed E-state index contributed by atoms with van der Waals surface area (Å²) < 4.78 is 5.07. The Kier molecular flexibility index (Phi) is 6.38. The summed E-state index contributed by atoms with van der Waals surface area (Å²) in [6, 6.07) is 7.53.